The van der Waals surface area contributed by atoms with Crippen LogP contribution in [0.4, 0.5) is 5.82 Å². The van der Waals surface area contributed by atoms with Gasteiger partial charge in [-0.25, -0.2) is 5.84 Å². The van der Waals surface area contributed by atoms with Crippen LogP contribution in [0, 0.1) is 13.8 Å². The average molecular weight is 214 g/mol. The maximum atomic E-state index is 5.32. The fourth-order valence-electron chi connectivity index (χ4n) is 1.62. The van der Waals surface area contributed by atoms with E-state index >= 15 is 0 Å². The molecule has 0 aliphatic rings. The van der Waals surface area contributed by atoms with Crippen LogP contribution in [-0.2, 0) is 0 Å². The van der Waals surface area contributed by atoms with Gasteiger partial charge >= 0.3 is 0 Å². The van der Waals surface area contributed by atoms with Gasteiger partial charge in [-0.2, -0.15) is 0 Å². The minimum absolute atomic E-state index is 0.609. The van der Waals surface area contributed by atoms with Gasteiger partial charge in [0.25, 0.3) is 0 Å². The molecule has 4 heteroatoms. The standard InChI is InChI=1S/C12H14N4/c1-8-5-3-4-6-10(8)11-7-9(2)12(14-13)16-15-11/h3-7H,13H2,1-2H3,(H,14,16). The fraction of sp³-hybridized carbons (Fsp3) is 0.167. The van der Waals surface area contributed by atoms with Gasteiger partial charge in [0.15, 0.2) is 5.82 Å². The zero-order valence-corrected chi connectivity index (χ0v) is 9.36. The molecule has 1 aromatic heterocycles. The normalized spacial score (nSPS) is 10.2. The largest absolute Gasteiger partial charge is 0.307 e. The summed E-state index contributed by atoms with van der Waals surface area (Å²) in [5.41, 5.74) is 6.65. The zero-order chi connectivity index (χ0) is 11.5. The predicted octanol–water partition coefficient (Wildman–Crippen LogP) is 2.05. The lowest BCUT2D eigenvalue weighted by Crippen LogP contribution is -2.11. The lowest BCUT2D eigenvalue weighted by molar-refractivity contribution is 1.01. The van der Waals surface area contributed by atoms with Gasteiger partial charge in [0.1, 0.15) is 0 Å². The molecule has 0 fully saturated rings. The Morgan fingerprint density at radius 2 is 1.81 bits per heavy atom. The van der Waals surface area contributed by atoms with E-state index in [0.717, 1.165) is 16.8 Å². The maximum absolute atomic E-state index is 5.32. The predicted molar refractivity (Wildman–Crippen MR) is 64.8 cm³/mol. The average Bonchev–Trinajstić information content (AvgIpc) is 2.29. The molecular formula is C12H14N4. The highest BCUT2D eigenvalue weighted by Crippen LogP contribution is 2.22. The quantitative estimate of drug-likeness (QED) is 0.593. The van der Waals surface area contributed by atoms with Crippen molar-refractivity contribution in [3.05, 3.63) is 41.5 Å². The van der Waals surface area contributed by atoms with E-state index in [1.807, 2.05) is 31.2 Å². The molecule has 2 aromatic rings. The van der Waals surface area contributed by atoms with Crippen LogP contribution in [-0.4, -0.2) is 10.2 Å². The summed E-state index contributed by atoms with van der Waals surface area (Å²) in [4.78, 5) is 0. The molecule has 0 saturated heterocycles. The van der Waals surface area contributed by atoms with E-state index in [2.05, 4.69) is 28.6 Å². The van der Waals surface area contributed by atoms with Crippen molar-refractivity contribution >= 4 is 5.82 Å². The van der Waals surface area contributed by atoms with Gasteiger partial charge in [0.05, 0.1) is 5.69 Å². The number of rotatable bonds is 2. The molecule has 1 heterocycles. The van der Waals surface area contributed by atoms with Crippen molar-refractivity contribution in [2.45, 2.75) is 13.8 Å². The molecule has 3 N–H and O–H groups in total. The van der Waals surface area contributed by atoms with Crippen molar-refractivity contribution < 1.29 is 0 Å². The highest BCUT2D eigenvalue weighted by atomic mass is 15.3. The number of aryl methyl sites for hydroxylation is 2. The Kier molecular flexibility index (Phi) is 2.83. The summed E-state index contributed by atoms with van der Waals surface area (Å²) in [6.45, 7) is 4.01. The molecule has 0 saturated carbocycles. The van der Waals surface area contributed by atoms with Crippen molar-refractivity contribution in [3.63, 3.8) is 0 Å². The minimum Gasteiger partial charge on any atom is -0.307 e. The van der Waals surface area contributed by atoms with Crippen LogP contribution < -0.4 is 11.3 Å². The molecule has 1 aromatic carbocycles. The number of nitrogens with two attached hydrogens (primary N) is 1. The second kappa shape index (κ2) is 4.28. The van der Waals surface area contributed by atoms with Crippen LogP contribution in [0.15, 0.2) is 30.3 Å². The van der Waals surface area contributed by atoms with Crippen molar-refractivity contribution in [3.8, 4) is 11.3 Å². The first-order valence-electron chi connectivity index (χ1n) is 5.09. The van der Waals surface area contributed by atoms with Gasteiger partial charge in [-0.1, -0.05) is 24.3 Å². The van der Waals surface area contributed by atoms with Gasteiger partial charge in [-0.15, -0.1) is 10.2 Å². The zero-order valence-electron chi connectivity index (χ0n) is 9.36. The Morgan fingerprint density at radius 3 is 2.44 bits per heavy atom. The van der Waals surface area contributed by atoms with E-state index in [4.69, 9.17) is 5.84 Å². The van der Waals surface area contributed by atoms with E-state index in [1.54, 1.807) is 0 Å². The minimum atomic E-state index is 0.609. The number of hydrazine groups is 1. The van der Waals surface area contributed by atoms with Crippen LogP contribution in [0.3, 0.4) is 0 Å². The fourth-order valence-corrected chi connectivity index (χ4v) is 1.62. The summed E-state index contributed by atoms with van der Waals surface area (Å²) in [6, 6.07) is 10.1. The first-order valence-corrected chi connectivity index (χ1v) is 5.09. The molecule has 0 aliphatic heterocycles. The van der Waals surface area contributed by atoms with Gasteiger partial charge in [-0.3, -0.25) is 0 Å². The van der Waals surface area contributed by atoms with Crippen molar-refractivity contribution in [1.82, 2.24) is 10.2 Å². The summed E-state index contributed by atoms with van der Waals surface area (Å²) in [5.74, 6) is 5.93. The summed E-state index contributed by atoms with van der Waals surface area (Å²) in [5, 5.41) is 8.18. The molecule has 0 aliphatic carbocycles. The van der Waals surface area contributed by atoms with Crippen molar-refractivity contribution in [2.24, 2.45) is 5.84 Å². The van der Waals surface area contributed by atoms with Crippen molar-refractivity contribution in [2.75, 3.05) is 5.43 Å². The molecule has 0 amide bonds. The number of hydrogen-bond acceptors (Lipinski definition) is 4. The molecule has 0 spiro atoms. The smallest absolute Gasteiger partial charge is 0.165 e. The number of nitrogens with zero attached hydrogens (tertiary/aromatic N) is 2. The third kappa shape index (κ3) is 1.87. The second-order valence-corrected chi connectivity index (χ2v) is 3.72. The van der Waals surface area contributed by atoms with Gasteiger partial charge < -0.3 is 5.43 Å². The van der Waals surface area contributed by atoms with E-state index in [9.17, 15) is 0 Å². The molecule has 0 unspecified atom stereocenters. The van der Waals surface area contributed by atoms with E-state index in [1.165, 1.54) is 5.56 Å². The molecule has 0 bridgehead atoms. The summed E-state index contributed by atoms with van der Waals surface area (Å²) in [6.07, 6.45) is 0. The lowest BCUT2D eigenvalue weighted by Gasteiger charge is -2.07. The topological polar surface area (TPSA) is 63.8 Å². The van der Waals surface area contributed by atoms with E-state index in [0.29, 0.717) is 5.82 Å². The second-order valence-electron chi connectivity index (χ2n) is 3.72. The molecule has 16 heavy (non-hydrogen) atoms. The number of anilines is 1. The first-order chi connectivity index (χ1) is 7.72. The van der Waals surface area contributed by atoms with Crippen LogP contribution in [0.25, 0.3) is 11.3 Å². The molecular weight excluding hydrogens is 200 g/mol. The molecule has 0 atom stereocenters. The van der Waals surface area contributed by atoms with Gasteiger partial charge in [-0.05, 0) is 31.0 Å². The Labute approximate surface area is 94.5 Å². The Bertz CT molecular complexity index is 508. The number of nitrogens with one attached hydrogen (secondary N) is 1. The van der Waals surface area contributed by atoms with Crippen LogP contribution in [0.5, 0.6) is 0 Å². The lowest BCUT2D eigenvalue weighted by atomic mass is 10.0. The Balaban J connectivity index is 2.50. The summed E-state index contributed by atoms with van der Waals surface area (Å²) < 4.78 is 0. The monoisotopic (exact) mass is 214 g/mol. The number of hydrogen-bond donors (Lipinski definition) is 2. The van der Waals surface area contributed by atoms with E-state index < -0.39 is 0 Å². The molecule has 0 radical (unpaired) electrons. The first kappa shape index (κ1) is 10.6. The third-order valence-electron chi connectivity index (χ3n) is 2.54. The summed E-state index contributed by atoms with van der Waals surface area (Å²) >= 11 is 0. The van der Waals surface area contributed by atoms with Crippen LogP contribution in [0.1, 0.15) is 11.1 Å². The number of benzene rings is 1. The van der Waals surface area contributed by atoms with Crippen molar-refractivity contribution in [1.29, 1.82) is 0 Å². The van der Waals surface area contributed by atoms with Gasteiger partial charge in [0.2, 0.25) is 0 Å². The van der Waals surface area contributed by atoms with E-state index in [-0.39, 0.29) is 0 Å². The highest BCUT2D eigenvalue weighted by Gasteiger charge is 2.06. The Hall–Kier alpha value is -1.94. The molecule has 82 valence electrons. The number of aromatic nitrogens is 2. The third-order valence-corrected chi connectivity index (χ3v) is 2.54. The van der Waals surface area contributed by atoms with Gasteiger partial charge in [0, 0.05) is 5.56 Å². The van der Waals surface area contributed by atoms with Crippen LogP contribution >= 0.6 is 0 Å². The Morgan fingerprint density at radius 1 is 1.06 bits per heavy atom. The SMILES string of the molecule is Cc1ccccc1-c1cc(C)c(NN)nn1. The number of nitrogen functional groups attached to an aromatic ring is 1. The summed E-state index contributed by atoms with van der Waals surface area (Å²) in [7, 11) is 0. The molecule has 4 nitrogen and oxygen atoms in total. The maximum Gasteiger partial charge on any atom is 0.165 e. The van der Waals surface area contributed by atoms with Crippen LogP contribution in [0.2, 0.25) is 0 Å². The molecule has 2 rings (SSSR count). The highest BCUT2D eigenvalue weighted by molar-refractivity contribution is 5.64.